The molecule has 3 fully saturated rings. The van der Waals surface area contributed by atoms with E-state index in [4.69, 9.17) is 16.3 Å². The molecule has 4 aliphatic heterocycles. The molecule has 3 saturated heterocycles. The van der Waals surface area contributed by atoms with Gasteiger partial charge < -0.3 is 34.4 Å². The number of anilines is 2. The van der Waals surface area contributed by atoms with Gasteiger partial charge in [-0.3, -0.25) is 14.4 Å². The van der Waals surface area contributed by atoms with Crippen LogP contribution < -0.4 is 15.5 Å². The van der Waals surface area contributed by atoms with Gasteiger partial charge in [0, 0.05) is 40.8 Å². The molecule has 4 aliphatic rings. The third kappa shape index (κ3) is 6.01. The van der Waals surface area contributed by atoms with E-state index >= 15 is 4.11 Å². The second-order valence-electron chi connectivity index (χ2n) is 13.8. The van der Waals surface area contributed by atoms with Crippen molar-refractivity contribution in [3.63, 3.8) is 0 Å². The van der Waals surface area contributed by atoms with Gasteiger partial charge in [-0.05, 0) is 81.2 Å². The summed E-state index contributed by atoms with van der Waals surface area (Å²) in [5, 5.41) is 16.6. The molecule has 2 aromatic carbocycles. The molecule has 1 unspecified atom stereocenters. The molecule has 248 valence electrons. The lowest BCUT2D eigenvalue weighted by Crippen LogP contribution is -2.45. The Labute approximate surface area is 276 Å². The van der Waals surface area contributed by atoms with Gasteiger partial charge in [0.2, 0.25) is 20.2 Å². The van der Waals surface area contributed by atoms with E-state index in [1.807, 2.05) is 31.2 Å². The van der Waals surface area contributed by atoms with E-state index in [2.05, 4.69) is 10.6 Å². The molecule has 4 heterocycles. The second kappa shape index (κ2) is 13.0. The van der Waals surface area contributed by atoms with Crippen molar-refractivity contribution in [1.29, 1.82) is 0 Å². The molecule has 0 saturated carbocycles. The number of carbonyl (C=O) groups excluding carboxylic acids is 3. The van der Waals surface area contributed by atoms with Crippen LogP contribution in [0, 0.1) is 11.8 Å². The fourth-order valence-electron chi connectivity index (χ4n) is 8.27. The molecular weight excluding hydrogens is 627 g/mol. The average molecular weight is 671 g/mol. The number of amides is 3. The minimum atomic E-state index is -3.47. The highest BCUT2D eigenvalue weighted by Gasteiger charge is 2.67. The summed E-state index contributed by atoms with van der Waals surface area (Å²) in [6, 6.07) is 12.5. The number of halogens is 2. The molecule has 2 aromatic rings. The molecule has 6 rings (SSSR count). The number of likely N-dealkylation sites (tertiary alicyclic amines) is 1. The molecule has 0 bridgehead atoms. The van der Waals surface area contributed by atoms with Crippen LogP contribution in [0.4, 0.5) is 15.5 Å². The van der Waals surface area contributed by atoms with Crippen LogP contribution in [0.2, 0.25) is 23.7 Å². The maximum Gasteiger partial charge on any atom is 0.264 e. The second-order valence-corrected chi connectivity index (χ2v) is 18.1. The van der Waals surface area contributed by atoms with Gasteiger partial charge >= 0.3 is 0 Å². The van der Waals surface area contributed by atoms with Gasteiger partial charge in [-0.15, -0.1) is 0 Å². The van der Waals surface area contributed by atoms with E-state index in [9.17, 15) is 19.5 Å². The lowest BCUT2D eigenvalue weighted by Gasteiger charge is -2.31. The molecular formula is C34H44ClFN4O5Si. The standard InChI is InChI=1S/C34H44ClFN4O5Si/c1-21-31(46(2,3)36)29(17-30(42)39-14-6-10-26(39)20-41)45-34(21)27-16-24(35)11-12-28(27)40(33(34)44)19-22-7-4-9-25(15-22)38-32(43)23-8-5-13-37-18-23/h4,7,9,11-12,15-16,21,23,26,29,31,37,41H,5-6,8,10,13-14,17-20H2,1-3H3,(H,38,43)/t21-,23?,26-,29+,31-,34+/m0/s1. The smallest absolute Gasteiger partial charge is 0.264 e. The number of fused-ring (bicyclic) bond motifs is 2. The van der Waals surface area contributed by atoms with E-state index in [1.165, 1.54) is 0 Å². The van der Waals surface area contributed by atoms with Gasteiger partial charge in [0.25, 0.3) is 5.91 Å². The fraction of sp³-hybridized carbons (Fsp3) is 0.559. The van der Waals surface area contributed by atoms with Crippen LogP contribution in [0.5, 0.6) is 0 Å². The zero-order valence-corrected chi connectivity index (χ0v) is 28.5. The van der Waals surface area contributed by atoms with Crippen molar-refractivity contribution in [2.75, 3.05) is 36.5 Å². The van der Waals surface area contributed by atoms with E-state index in [0.29, 0.717) is 35.1 Å². The summed E-state index contributed by atoms with van der Waals surface area (Å²) in [4.78, 5) is 44.4. The SMILES string of the molecule is C[C@H]1[C@H]([Si](C)(C)F)[C@@H](CC(=O)N2CCC[C@H]2CO)O[C@]12C(=O)N(Cc1cccc(NC(=O)C3CCCNC3)c1)c1ccc(Cl)cc12. The summed E-state index contributed by atoms with van der Waals surface area (Å²) in [6.07, 6.45) is 2.46. The lowest BCUT2D eigenvalue weighted by molar-refractivity contribution is -0.150. The van der Waals surface area contributed by atoms with Crippen molar-refractivity contribution >= 4 is 49.1 Å². The number of hydrogen-bond donors (Lipinski definition) is 3. The van der Waals surface area contributed by atoms with Crippen LogP contribution in [-0.2, 0) is 31.3 Å². The number of piperidine rings is 1. The largest absolute Gasteiger partial charge is 0.394 e. The molecule has 0 aliphatic carbocycles. The molecule has 9 nitrogen and oxygen atoms in total. The zero-order valence-electron chi connectivity index (χ0n) is 26.7. The van der Waals surface area contributed by atoms with Crippen LogP contribution in [0.25, 0.3) is 0 Å². The maximum absolute atomic E-state index is 16.2. The normalized spacial score (nSPS) is 29.4. The quantitative estimate of drug-likeness (QED) is 0.270. The monoisotopic (exact) mass is 670 g/mol. The number of benzene rings is 2. The van der Waals surface area contributed by atoms with Crippen molar-refractivity contribution in [2.24, 2.45) is 11.8 Å². The minimum Gasteiger partial charge on any atom is -0.394 e. The molecule has 3 amide bonds. The Kier molecular flexibility index (Phi) is 9.34. The van der Waals surface area contributed by atoms with Crippen molar-refractivity contribution in [3.05, 3.63) is 58.6 Å². The number of aliphatic hydroxyl groups is 1. The third-order valence-corrected chi connectivity index (χ3v) is 13.1. The van der Waals surface area contributed by atoms with Gasteiger partial charge in [0.1, 0.15) is 0 Å². The Morgan fingerprint density at radius 1 is 1.20 bits per heavy atom. The molecule has 12 heteroatoms. The fourth-order valence-corrected chi connectivity index (χ4v) is 10.9. The van der Waals surface area contributed by atoms with Crippen molar-refractivity contribution in [1.82, 2.24) is 10.2 Å². The van der Waals surface area contributed by atoms with Crippen LogP contribution >= 0.6 is 11.6 Å². The van der Waals surface area contributed by atoms with Crippen molar-refractivity contribution in [2.45, 2.75) is 82.0 Å². The lowest BCUT2D eigenvalue weighted by atomic mass is 9.82. The Balaban J connectivity index is 1.29. The van der Waals surface area contributed by atoms with Crippen LogP contribution in [0.3, 0.4) is 0 Å². The summed E-state index contributed by atoms with van der Waals surface area (Å²) < 4.78 is 23.0. The molecule has 0 radical (unpaired) electrons. The predicted molar refractivity (Wildman–Crippen MR) is 178 cm³/mol. The number of rotatable bonds is 8. The topological polar surface area (TPSA) is 111 Å². The highest BCUT2D eigenvalue weighted by molar-refractivity contribution is 6.72. The third-order valence-electron chi connectivity index (χ3n) is 10.4. The van der Waals surface area contributed by atoms with E-state index in [0.717, 1.165) is 37.8 Å². The number of nitrogens with zero attached hydrogens (tertiary/aromatic N) is 2. The summed E-state index contributed by atoms with van der Waals surface area (Å²) in [5.74, 6) is -1.18. The number of aliphatic hydroxyl groups excluding tert-OH is 1. The van der Waals surface area contributed by atoms with E-state index in [-0.39, 0.29) is 49.3 Å². The highest BCUT2D eigenvalue weighted by atomic mass is 35.5. The van der Waals surface area contributed by atoms with Gasteiger partial charge in [-0.25, -0.2) is 0 Å². The first-order valence-corrected chi connectivity index (χ1v) is 19.8. The zero-order chi connectivity index (χ0) is 32.8. The first-order valence-electron chi connectivity index (χ1n) is 16.4. The first-order chi connectivity index (χ1) is 21.9. The Morgan fingerprint density at radius 2 is 2.00 bits per heavy atom. The minimum absolute atomic E-state index is 0.0300. The number of nitrogens with one attached hydrogen (secondary N) is 2. The van der Waals surface area contributed by atoms with Crippen LogP contribution in [0.1, 0.15) is 50.2 Å². The maximum atomic E-state index is 16.2. The number of ether oxygens (including phenoxy) is 1. The predicted octanol–water partition coefficient (Wildman–Crippen LogP) is 4.97. The van der Waals surface area contributed by atoms with E-state index < -0.39 is 31.6 Å². The Hall–Kier alpha value is -2.83. The number of carbonyl (C=O) groups is 3. The van der Waals surface area contributed by atoms with Gasteiger partial charge in [0.05, 0.1) is 43.3 Å². The van der Waals surface area contributed by atoms with Gasteiger partial charge in [0.15, 0.2) is 5.60 Å². The molecule has 1 spiro atoms. The van der Waals surface area contributed by atoms with E-state index in [1.54, 1.807) is 41.1 Å². The summed E-state index contributed by atoms with van der Waals surface area (Å²) in [5.41, 5.74) is 0.544. The van der Waals surface area contributed by atoms with Gasteiger partial charge in [-0.2, -0.15) is 0 Å². The highest BCUT2D eigenvalue weighted by Crippen LogP contribution is 2.60. The molecule has 0 aromatic heterocycles. The Morgan fingerprint density at radius 3 is 2.72 bits per heavy atom. The van der Waals surface area contributed by atoms with Crippen LogP contribution in [-0.4, -0.2) is 74.5 Å². The molecule has 6 atom stereocenters. The van der Waals surface area contributed by atoms with Crippen molar-refractivity contribution in [3.8, 4) is 0 Å². The first kappa shape index (κ1) is 33.1. The van der Waals surface area contributed by atoms with Crippen LogP contribution in [0.15, 0.2) is 42.5 Å². The number of hydrogen-bond acceptors (Lipinski definition) is 6. The molecule has 3 N–H and O–H groups in total. The summed E-state index contributed by atoms with van der Waals surface area (Å²) in [6.45, 7) is 7.28. The van der Waals surface area contributed by atoms with Gasteiger partial charge in [-0.1, -0.05) is 30.7 Å². The summed E-state index contributed by atoms with van der Waals surface area (Å²) >= 11 is 6.51. The Bertz CT molecular complexity index is 1500. The van der Waals surface area contributed by atoms with Crippen molar-refractivity contribution < 1.29 is 28.3 Å². The molecule has 46 heavy (non-hydrogen) atoms. The summed E-state index contributed by atoms with van der Waals surface area (Å²) in [7, 11) is -3.47. The average Bonchev–Trinajstić information content (AvgIpc) is 3.68.